The fourth-order valence-corrected chi connectivity index (χ4v) is 7.35. The van der Waals surface area contributed by atoms with Gasteiger partial charge in [-0.2, -0.15) is 0 Å². The summed E-state index contributed by atoms with van der Waals surface area (Å²) < 4.78 is 0. The van der Waals surface area contributed by atoms with Gasteiger partial charge in [0.2, 0.25) is 0 Å². The van der Waals surface area contributed by atoms with Crippen molar-refractivity contribution in [1.29, 1.82) is 0 Å². The first-order chi connectivity index (χ1) is 23.7. The maximum absolute atomic E-state index is 5.11. The highest BCUT2D eigenvalue weighted by molar-refractivity contribution is 5.87. The van der Waals surface area contributed by atoms with E-state index in [9.17, 15) is 0 Å². The van der Waals surface area contributed by atoms with E-state index in [2.05, 4.69) is 144 Å². The number of para-hydroxylation sites is 3. The van der Waals surface area contributed by atoms with Crippen LogP contribution < -0.4 is 10.2 Å². The Morgan fingerprint density at radius 3 is 1.73 bits per heavy atom. The van der Waals surface area contributed by atoms with Gasteiger partial charge >= 0.3 is 0 Å². The molecule has 5 aromatic carbocycles. The minimum atomic E-state index is 0.119. The van der Waals surface area contributed by atoms with Gasteiger partial charge in [0.05, 0.1) is 22.4 Å². The predicted octanol–water partition coefficient (Wildman–Crippen LogP) is 11.2. The highest BCUT2D eigenvalue weighted by Gasteiger charge is 2.62. The molecule has 0 bridgehead atoms. The van der Waals surface area contributed by atoms with Crippen LogP contribution in [0.25, 0.3) is 33.5 Å². The number of rotatable bonds is 7. The maximum Gasteiger partial charge on any atom is 0.0973 e. The van der Waals surface area contributed by atoms with Crippen LogP contribution in [0.5, 0.6) is 0 Å². The SMILES string of the molecule is C1=CC23C=CCC(Nc4ccc(N(c5ccccc5)c5ccc(-c6nc7ccccc7nc6-c6ccccc6)cc5)cc4)=CC2(C=C1)C3. The van der Waals surface area contributed by atoms with Crippen molar-refractivity contribution >= 4 is 33.8 Å². The quantitative estimate of drug-likeness (QED) is 0.181. The molecule has 2 unspecified atom stereocenters. The summed E-state index contributed by atoms with van der Waals surface area (Å²) >= 11 is 0. The van der Waals surface area contributed by atoms with Gasteiger partial charge in [0.15, 0.2) is 0 Å². The summed E-state index contributed by atoms with van der Waals surface area (Å²) in [7, 11) is 0. The average molecular weight is 619 g/mol. The van der Waals surface area contributed by atoms with Crippen molar-refractivity contribution in [2.24, 2.45) is 10.8 Å². The Hall–Kier alpha value is -6.00. The Bertz CT molecular complexity index is 2250. The van der Waals surface area contributed by atoms with Crippen molar-refractivity contribution in [2.45, 2.75) is 12.8 Å². The number of nitrogens with zero attached hydrogens (tertiary/aromatic N) is 3. The molecule has 0 aliphatic heterocycles. The highest BCUT2D eigenvalue weighted by Crippen LogP contribution is 2.70. The molecular formula is C44H34N4. The lowest BCUT2D eigenvalue weighted by Gasteiger charge is -2.26. The number of hydrogen-bond donors (Lipinski definition) is 1. The molecule has 0 saturated heterocycles. The number of hydrogen-bond acceptors (Lipinski definition) is 4. The van der Waals surface area contributed by atoms with Crippen LogP contribution in [0.4, 0.5) is 22.7 Å². The first kappa shape index (κ1) is 28.2. The zero-order valence-corrected chi connectivity index (χ0v) is 26.5. The molecule has 48 heavy (non-hydrogen) atoms. The first-order valence-corrected chi connectivity index (χ1v) is 16.6. The number of fused-ring (bicyclic) bond motifs is 1. The van der Waals surface area contributed by atoms with E-state index in [0.717, 1.165) is 69.1 Å². The molecule has 0 amide bonds. The molecule has 1 saturated carbocycles. The van der Waals surface area contributed by atoms with Crippen LogP contribution in [-0.2, 0) is 0 Å². The summed E-state index contributed by atoms with van der Waals surface area (Å²) in [5.41, 5.74) is 11.5. The van der Waals surface area contributed by atoms with Crippen LogP contribution in [0.2, 0.25) is 0 Å². The van der Waals surface area contributed by atoms with Gasteiger partial charge in [0.1, 0.15) is 0 Å². The van der Waals surface area contributed by atoms with Gasteiger partial charge < -0.3 is 10.2 Å². The van der Waals surface area contributed by atoms with Crippen molar-refractivity contribution < 1.29 is 0 Å². The summed E-state index contributed by atoms with van der Waals surface area (Å²) in [6.45, 7) is 0. The molecule has 0 radical (unpaired) electrons. The van der Waals surface area contributed by atoms with Gasteiger partial charge in [-0.3, -0.25) is 0 Å². The minimum Gasteiger partial charge on any atom is -0.359 e. The first-order valence-electron chi connectivity index (χ1n) is 16.6. The third-order valence-corrected chi connectivity index (χ3v) is 9.87. The average Bonchev–Trinajstić information content (AvgIpc) is 3.84. The zero-order valence-electron chi connectivity index (χ0n) is 26.5. The third kappa shape index (κ3) is 4.94. The zero-order chi connectivity index (χ0) is 32.0. The van der Waals surface area contributed by atoms with E-state index in [0.29, 0.717) is 0 Å². The number of allylic oxidation sites excluding steroid dienone is 7. The van der Waals surface area contributed by atoms with Crippen molar-refractivity contribution in [3.63, 3.8) is 0 Å². The largest absolute Gasteiger partial charge is 0.359 e. The molecule has 1 fully saturated rings. The summed E-state index contributed by atoms with van der Waals surface area (Å²) in [6, 6.07) is 46.3. The molecule has 1 N–H and O–H groups in total. The maximum atomic E-state index is 5.11. The van der Waals surface area contributed by atoms with Crippen LogP contribution in [-0.4, -0.2) is 9.97 Å². The summed E-state index contributed by atoms with van der Waals surface area (Å²) in [5.74, 6) is 0. The van der Waals surface area contributed by atoms with Gasteiger partial charge in [0.25, 0.3) is 0 Å². The summed E-state index contributed by atoms with van der Waals surface area (Å²) in [4.78, 5) is 12.5. The Morgan fingerprint density at radius 2 is 1.06 bits per heavy atom. The molecule has 4 heteroatoms. The van der Waals surface area contributed by atoms with E-state index >= 15 is 0 Å². The molecule has 3 aliphatic rings. The van der Waals surface area contributed by atoms with E-state index in [1.54, 1.807) is 0 Å². The second kappa shape index (κ2) is 11.4. The lowest BCUT2D eigenvalue weighted by Crippen LogP contribution is -2.10. The third-order valence-electron chi connectivity index (χ3n) is 9.87. The molecule has 2 atom stereocenters. The fourth-order valence-electron chi connectivity index (χ4n) is 7.35. The lowest BCUT2D eigenvalue weighted by molar-refractivity contribution is 0.668. The molecule has 1 heterocycles. The Morgan fingerprint density at radius 1 is 0.521 bits per heavy atom. The Labute approximate surface area is 281 Å². The number of nitrogens with one attached hydrogen (secondary N) is 1. The lowest BCUT2D eigenvalue weighted by atomic mass is 9.88. The normalized spacial score (nSPS) is 20.4. The van der Waals surface area contributed by atoms with E-state index in [-0.39, 0.29) is 10.8 Å². The molecular weight excluding hydrogens is 585 g/mol. The van der Waals surface area contributed by atoms with Crippen molar-refractivity contribution in [1.82, 2.24) is 9.97 Å². The van der Waals surface area contributed by atoms with Gasteiger partial charge in [0, 0.05) is 56.8 Å². The van der Waals surface area contributed by atoms with Crippen LogP contribution in [0.1, 0.15) is 12.8 Å². The molecule has 4 nitrogen and oxygen atoms in total. The van der Waals surface area contributed by atoms with Crippen LogP contribution in [0.15, 0.2) is 182 Å². The van der Waals surface area contributed by atoms with E-state index < -0.39 is 0 Å². The van der Waals surface area contributed by atoms with E-state index in [1.807, 2.05) is 42.5 Å². The molecule has 1 aromatic heterocycles. The summed E-state index contributed by atoms with van der Waals surface area (Å²) in [5, 5.41) is 3.73. The fraction of sp³-hybridized carbons (Fsp3) is 0.0909. The van der Waals surface area contributed by atoms with Gasteiger partial charge in [-0.1, -0.05) is 115 Å². The molecule has 6 aromatic rings. The predicted molar refractivity (Wildman–Crippen MR) is 198 cm³/mol. The van der Waals surface area contributed by atoms with E-state index in [4.69, 9.17) is 9.97 Å². The second-order valence-electron chi connectivity index (χ2n) is 12.9. The van der Waals surface area contributed by atoms with Crippen LogP contribution >= 0.6 is 0 Å². The Balaban J connectivity index is 1.04. The van der Waals surface area contributed by atoms with Crippen molar-refractivity contribution in [3.05, 3.63) is 182 Å². The standard InChI is InChI=1S/C44H34N4/c1-3-12-32(13-4-1)41-42(47-40-18-8-7-17-39(40)46-41)33-19-23-37(24-20-33)48(36-15-5-2-6-16-36)38-25-21-34(22-26-38)45-35-14-11-29-43-27-9-10-28-44(43,30-35)31-43/h1-13,15-30,45H,14,31H2. The molecule has 3 aliphatic carbocycles. The van der Waals surface area contributed by atoms with Crippen LogP contribution in [0.3, 0.4) is 0 Å². The van der Waals surface area contributed by atoms with Crippen molar-refractivity contribution in [2.75, 3.05) is 10.2 Å². The number of anilines is 4. The van der Waals surface area contributed by atoms with Gasteiger partial charge in [-0.25, -0.2) is 9.97 Å². The highest BCUT2D eigenvalue weighted by atomic mass is 15.1. The Kier molecular flexibility index (Phi) is 6.68. The minimum absolute atomic E-state index is 0.119. The molecule has 230 valence electrons. The van der Waals surface area contributed by atoms with Gasteiger partial charge in [-0.05, 0) is 67.1 Å². The molecule has 0 spiro atoms. The number of aromatic nitrogens is 2. The van der Waals surface area contributed by atoms with E-state index in [1.165, 1.54) is 5.70 Å². The van der Waals surface area contributed by atoms with Crippen molar-refractivity contribution in [3.8, 4) is 22.5 Å². The summed E-state index contributed by atoms with van der Waals surface area (Å²) in [6.07, 6.45) is 18.3. The smallest absolute Gasteiger partial charge is 0.0973 e. The second-order valence-corrected chi connectivity index (χ2v) is 12.9. The molecule has 9 rings (SSSR count). The van der Waals surface area contributed by atoms with Crippen LogP contribution in [0, 0.1) is 10.8 Å². The number of benzene rings is 5. The monoisotopic (exact) mass is 618 g/mol. The van der Waals surface area contributed by atoms with Gasteiger partial charge in [-0.15, -0.1) is 0 Å². The topological polar surface area (TPSA) is 41.0 Å².